The molecule has 0 amide bonds. The zero-order valence-electron chi connectivity index (χ0n) is 12.2. The summed E-state index contributed by atoms with van der Waals surface area (Å²) in [5.41, 5.74) is 2.46. The quantitative estimate of drug-likeness (QED) is 0.739. The van der Waals surface area contributed by atoms with Gasteiger partial charge in [0.15, 0.2) is 0 Å². The van der Waals surface area contributed by atoms with Crippen molar-refractivity contribution >= 4 is 0 Å². The fraction of sp³-hybridized carbons (Fsp3) is 0.529. The number of methoxy groups -OCH3 is 1. The zero-order chi connectivity index (χ0) is 13.8. The summed E-state index contributed by atoms with van der Waals surface area (Å²) >= 11 is 0. The molecule has 0 heterocycles. The average Bonchev–Trinajstić information content (AvgIpc) is 2.78. The van der Waals surface area contributed by atoms with E-state index in [0.717, 1.165) is 12.2 Å². The van der Waals surface area contributed by atoms with Crippen LogP contribution in [0.15, 0.2) is 36.4 Å². The van der Waals surface area contributed by atoms with Crippen LogP contribution in [0.4, 0.5) is 0 Å². The van der Waals surface area contributed by atoms with Crippen LogP contribution in [-0.2, 0) is 11.3 Å². The highest BCUT2D eigenvalue weighted by Gasteiger charge is 2.31. The number of hydrogen-bond acceptors (Lipinski definition) is 2. The fourth-order valence-corrected chi connectivity index (χ4v) is 2.81. The maximum atomic E-state index is 6.01. The molecule has 2 rings (SSSR count). The molecule has 0 bridgehead atoms. The highest BCUT2D eigenvalue weighted by Crippen LogP contribution is 2.37. The number of hydrogen-bond donors (Lipinski definition) is 0. The number of rotatable bonds is 5. The van der Waals surface area contributed by atoms with Gasteiger partial charge >= 0.3 is 0 Å². The Kier molecular flexibility index (Phi) is 4.65. The summed E-state index contributed by atoms with van der Waals surface area (Å²) in [5.74, 6) is 2.18. The fourth-order valence-electron chi connectivity index (χ4n) is 2.81. The van der Waals surface area contributed by atoms with Crippen LogP contribution >= 0.6 is 0 Å². The van der Waals surface area contributed by atoms with E-state index in [2.05, 4.69) is 32.6 Å². The van der Waals surface area contributed by atoms with E-state index in [0.29, 0.717) is 18.4 Å². The summed E-state index contributed by atoms with van der Waals surface area (Å²) in [6.07, 6.45) is 2.55. The molecule has 1 aromatic rings. The molecule has 19 heavy (non-hydrogen) atoms. The van der Waals surface area contributed by atoms with E-state index in [1.807, 2.05) is 12.1 Å². The number of ether oxygens (including phenoxy) is 2. The first-order valence-corrected chi connectivity index (χ1v) is 7.05. The summed E-state index contributed by atoms with van der Waals surface area (Å²) in [6.45, 7) is 9.42. The van der Waals surface area contributed by atoms with Gasteiger partial charge < -0.3 is 9.47 Å². The van der Waals surface area contributed by atoms with Crippen molar-refractivity contribution in [2.24, 2.45) is 11.8 Å². The molecule has 2 atom stereocenters. The molecular formula is C17H24O2. The Labute approximate surface area is 116 Å². The normalized spacial score (nSPS) is 23.1. The van der Waals surface area contributed by atoms with Gasteiger partial charge in [-0.2, -0.15) is 0 Å². The summed E-state index contributed by atoms with van der Waals surface area (Å²) in [6, 6.07) is 8.05. The zero-order valence-corrected chi connectivity index (χ0v) is 12.2. The lowest BCUT2D eigenvalue weighted by Crippen LogP contribution is -2.14. The van der Waals surface area contributed by atoms with Crippen molar-refractivity contribution < 1.29 is 9.47 Å². The van der Waals surface area contributed by atoms with Crippen LogP contribution in [0.25, 0.3) is 0 Å². The van der Waals surface area contributed by atoms with Crippen LogP contribution < -0.4 is 4.74 Å². The van der Waals surface area contributed by atoms with Gasteiger partial charge in [0.1, 0.15) is 5.75 Å². The van der Waals surface area contributed by atoms with Gasteiger partial charge in [0, 0.05) is 0 Å². The molecule has 0 aromatic heterocycles. The first-order valence-electron chi connectivity index (χ1n) is 7.05. The number of benzene rings is 1. The van der Waals surface area contributed by atoms with Gasteiger partial charge in [-0.25, -0.2) is 0 Å². The second-order valence-electron chi connectivity index (χ2n) is 5.65. The van der Waals surface area contributed by atoms with E-state index in [4.69, 9.17) is 9.47 Å². The average molecular weight is 260 g/mol. The lowest BCUT2D eigenvalue weighted by molar-refractivity contribution is 0.0680. The van der Waals surface area contributed by atoms with Crippen molar-refractivity contribution in [3.05, 3.63) is 42.0 Å². The molecule has 0 unspecified atom stereocenters. The maximum Gasteiger partial charge on any atom is 0.118 e. The van der Waals surface area contributed by atoms with Crippen molar-refractivity contribution in [3.63, 3.8) is 0 Å². The molecule has 1 aromatic carbocycles. The summed E-state index contributed by atoms with van der Waals surface area (Å²) in [7, 11) is 1.68. The Hall–Kier alpha value is -1.28. The first-order chi connectivity index (χ1) is 9.11. The third-order valence-corrected chi connectivity index (χ3v) is 4.04. The summed E-state index contributed by atoms with van der Waals surface area (Å²) < 4.78 is 11.2. The SMILES string of the molecule is C=C1[C@H](C(C)C)CC[C@H]1OCc1ccc(OC)cc1. The van der Waals surface area contributed by atoms with Gasteiger partial charge in [-0.1, -0.05) is 32.6 Å². The molecule has 0 aliphatic heterocycles. The lowest BCUT2D eigenvalue weighted by atomic mass is 9.91. The van der Waals surface area contributed by atoms with Crippen molar-refractivity contribution in [3.8, 4) is 5.75 Å². The first kappa shape index (κ1) is 14.1. The van der Waals surface area contributed by atoms with Gasteiger partial charge in [-0.15, -0.1) is 0 Å². The minimum Gasteiger partial charge on any atom is -0.497 e. The Bertz CT molecular complexity index is 419. The summed E-state index contributed by atoms with van der Waals surface area (Å²) in [4.78, 5) is 0. The minimum atomic E-state index is 0.231. The van der Waals surface area contributed by atoms with Gasteiger partial charge in [0.05, 0.1) is 19.8 Å². The molecule has 2 nitrogen and oxygen atoms in total. The van der Waals surface area contributed by atoms with E-state index >= 15 is 0 Å². The molecule has 0 N–H and O–H groups in total. The van der Waals surface area contributed by atoms with Gasteiger partial charge in [0.25, 0.3) is 0 Å². The van der Waals surface area contributed by atoms with Crippen molar-refractivity contribution in [1.82, 2.24) is 0 Å². The van der Waals surface area contributed by atoms with Crippen LogP contribution in [0.2, 0.25) is 0 Å². The predicted octanol–water partition coefficient (Wildman–Crippen LogP) is 4.20. The topological polar surface area (TPSA) is 18.5 Å². The van der Waals surface area contributed by atoms with Gasteiger partial charge in [0.2, 0.25) is 0 Å². The Morgan fingerprint density at radius 2 is 1.89 bits per heavy atom. The van der Waals surface area contributed by atoms with Crippen LogP contribution in [0, 0.1) is 11.8 Å². The molecule has 0 saturated heterocycles. The van der Waals surface area contributed by atoms with Crippen molar-refractivity contribution in [2.45, 2.75) is 39.4 Å². The van der Waals surface area contributed by atoms with E-state index in [1.165, 1.54) is 17.6 Å². The maximum absolute atomic E-state index is 6.01. The molecule has 2 heteroatoms. The highest BCUT2D eigenvalue weighted by molar-refractivity contribution is 5.26. The van der Waals surface area contributed by atoms with E-state index in [1.54, 1.807) is 7.11 Å². The molecule has 1 saturated carbocycles. The van der Waals surface area contributed by atoms with Gasteiger partial charge in [-0.3, -0.25) is 0 Å². The molecule has 1 aliphatic rings. The molecule has 104 valence electrons. The molecule has 1 fully saturated rings. The smallest absolute Gasteiger partial charge is 0.118 e. The largest absolute Gasteiger partial charge is 0.497 e. The van der Waals surface area contributed by atoms with Crippen LogP contribution in [0.5, 0.6) is 5.75 Å². The lowest BCUT2D eigenvalue weighted by Gasteiger charge is -2.19. The molecule has 1 aliphatic carbocycles. The Morgan fingerprint density at radius 1 is 1.21 bits per heavy atom. The molecular weight excluding hydrogens is 236 g/mol. The van der Waals surface area contributed by atoms with Crippen molar-refractivity contribution in [2.75, 3.05) is 7.11 Å². The van der Waals surface area contributed by atoms with Crippen LogP contribution in [0.1, 0.15) is 32.3 Å². The van der Waals surface area contributed by atoms with Crippen LogP contribution in [-0.4, -0.2) is 13.2 Å². The summed E-state index contributed by atoms with van der Waals surface area (Å²) in [5, 5.41) is 0. The molecule has 0 radical (unpaired) electrons. The second-order valence-corrected chi connectivity index (χ2v) is 5.65. The standard InChI is InChI=1S/C17H24O2/c1-12(2)16-9-10-17(13(16)3)19-11-14-5-7-15(18-4)8-6-14/h5-8,12,16-17H,3,9-11H2,1-2,4H3/t16-,17+/m0/s1. The third kappa shape index (κ3) is 3.38. The van der Waals surface area contributed by atoms with E-state index in [9.17, 15) is 0 Å². The highest BCUT2D eigenvalue weighted by atomic mass is 16.5. The van der Waals surface area contributed by atoms with E-state index in [-0.39, 0.29) is 6.10 Å². The monoisotopic (exact) mass is 260 g/mol. The molecule has 0 spiro atoms. The van der Waals surface area contributed by atoms with Crippen molar-refractivity contribution in [1.29, 1.82) is 0 Å². The van der Waals surface area contributed by atoms with Crippen LogP contribution in [0.3, 0.4) is 0 Å². The second kappa shape index (κ2) is 6.25. The van der Waals surface area contributed by atoms with Gasteiger partial charge in [-0.05, 0) is 47.9 Å². The van der Waals surface area contributed by atoms with E-state index < -0.39 is 0 Å². The third-order valence-electron chi connectivity index (χ3n) is 4.04. The Morgan fingerprint density at radius 3 is 2.42 bits per heavy atom. The Balaban J connectivity index is 1.87. The predicted molar refractivity (Wildman–Crippen MR) is 78.3 cm³/mol. The minimum absolute atomic E-state index is 0.231.